The van der Waals surface area contributed by atoms with E-state index < -0.39 is 0 Å². The number of pyridine rings is 1. The molecule has 0 saturated carbocycles. The highest BCUT2D eigenvalue weighted by molar-refractivity contribution is 6.29. The van der Waals surface area contributed by atoms with Gasteiger partial charge in [0.2, 0.25) is 0 Å². The number of halogens is 1. The molecular formula is C16H23ClN2O2. The predicted molar refractivity (Wildman–Crippen MR) is 83.7 cm³/mol. The van der Waals surface area contributed by atoms with Gasteiger partial charge in [-0.25, -0.2) is 4.98 Å². The maximum Gasteiger partial charge on any atom is 0.254 e. The third-order valence-corrected chi connectivity index (χ3v) is 4.10. The van der Waals surface area contributed by atoms with Gasteiger partial charge in [0.25, 0.3) is 5.91 Å². The molecule has 1 N–H and O–H groups in total. The minimum absolute atomic E-state index is 0.0106. The van der Waals surface area contributed by atoms with Crippen molar-refractivity contribution in [1.29, 1.82) is 0 Å². The van der Waals surface area contributed by atoms with Gasteiger partial charge in [0.05, 0.1) is 12.6 Å². The summed E-state index contributed by atoms with van der Waals surface area (Å²) in [4.78, 5) is 18.8. The van der Waals surface area contributed by atoms with Gasteiger partial charge in [0, 0.05) is 23.2 Å². The van der Waals surface area contributed by atoms with Gasteiger partial charge >= 0.3 is 0 Å². The fourth-order valence-electron chi connectivity index (χ4n) is 2.63. The van der Waals surface area contributed by atoms with Crippen LogP contribution in [0.25, 0.3) is 0 Å². The second-order valence-electron chi connectivity index (χ2n) is 6.64. The number of aliphatic hydroxyl groups excluding tert-OH is 1. The Hall–Kier alpha value is -1.13. The Morgan fingerprint density at radius 2 is 2.14 bits per heavy atom. The number of hydrogen-bond acceptors (Lipinski definition) is 3. The minimum Gasteiger partial charge on any atom is -0.394 e. The number of amides is 1. The van der Waals surface area contributed by atoms with Crippen molar-refractivity contribution in [2.45, 2.75) is 51.5 Å². The van der Waals surface area contributed by atoms with E-state index in [1.165, 1.54) is 0 Å². The molecular weight excluding hydrogens is 288 g/mol. The SMILES string of the molecule is CC(C)(C)c1cc(C(=O)N2CCCCC2CO)cc(Cl)n1. The lowest BCUT2D eigenvalue weighted by Gasteiger charge is -2.35. The van der Waals surface area contributed by atoms with Gasteiger partial charge in [-0.1, -0.05) is 32.4 Å². The van der Waals surface area contributed by atoms with Crippen LogP contribution >= 0.6 is 11.6 Å². The summed E-state index contributed by atoms with van der Waals surface area (Å²) < 4.78 is 0. The first-order valence-electron chi connectivity index (χ1n) is 7.43. The lowest BCUT2D eigenvalue weighted by atomic mass is 9.90. The van der Waals surface area contributed by atoms with E-state index in [2.05, 4.69) is 4.98 Å². The summed E-state index contributed by atoms with van der Waals surface area (Å²) in [7, 11) is 0. The molecule has 0 aliphatic carbocycles. The first-order valence-corrected chi connectivity index (χ1v) is 7.80. The van der Waals surface area contributed by atoms with Crippen LogP contribution in [0.1, 0.15) is 56.1 Å². The van der Waals surface area contributed by atoms with Crippen molar-refractivity contribution in [3.8, 4) is 0 Å². The Balaban J connectivity index is 2.32. The van der Waals surface area contributed by atoms with Crippen molar-refractivity contribution in [2.24, 2.45) is 0 Å². The Labute approximate surface area is 131 Å². The van der Waals surface area contributed by atoms with Gasteiger partial charge in [-0.2, -0.15) is 0 Å². The molecule has 116 valence electrons. The van der Waals surface area contributed by atoms with Crippen LogP contribution in [-0.2, 0) is 5.41 Å². The lowest BCUT2D eigenvalue weighted by molar-refractivity contribution is 0.0502. The summed E-state index contributed by atoms with van der Waals surface area (Å²) in [6.07, 6.45) is 2.89. The number of carbonyl (C=O) groups excluding carboxylic acids is 1. The zero-order chi connectivity index (χ0) is 15.6. The first kappa shape index (κ1) is 16.2. The molecule has 5 heteroatoms. The second kappa shape index (κ2) is 6.32. The summed E-state index contributed by atoms with van der Waals surface area (Å²) in [5.74, 6) is -0.0662. The smallest absolute Gasteiger partial charge is 0.254 e. The van der Waals surface area contributed by atoms with Crippen LogP contribution in [0.5, 0.6) is 0 Å². The molecule has 1 aliphatic heterocycles. The minimum atomic E-state index is -0.168. The number of likely N-dealkylation sites (tertiary alicyclic amines) is 1. The molecule has 21 heavy (non-hydrogen) atoms. The highest BCUT2D eigenvalue weighted by Crippen LogP contribution is 2.25. The number of piperidine rings is 1. The molecule has 1 fully saturated rings. The van der Waals surface area contributed by atoms with Gasteiger partial charge in [-0.3, -0.25) is 4.79 Å². The molecule has 0 spiro atoms. The highest BCUT2D eigenvalue weighted by Gasteiger charge is 2.28. The van der Waals surface area contributed by atoms with Crippen LogP contribution in [0.15, 0.2) is 12.1 Å². The molecule has 1 aromatic heterocycles. The van der Waals surface area contributed by atoms with Crippen LogP contribution in [0.3, 0.4) is 0 Å². The molecule has 1 unspecified atom stereocenters. The number of carbonyl (C=O) groups is 1. The molecule has 1 aromatic rings. The topological polar surface area (TPSA) is 53.4 Å². The van der Waals surface area contributed by atoms with Crippen molar-refractivity contribution in [3.05, 3.63) is 28.5 Å². The Kier molecular flexibility index (Phi) is 4.89. The zero-order valence-corrected chi connectivity index (χ0v) is 13.7. The fourth-order valence-corrected chi connectivity index (χ4v) is 2.84. The third kappa shape index (κ3) is 3.74. The van der Waals surface area contributed by atoms with Gasteiger partial charge in [0.1, 0.15) is 5.15 Å². The Bertz CT molecular complexity index is 525. The van der Waals surface area contributed by atoms with E-state index in [4.69, 9.17) is 11.6 Å². The van der Waals surface area contributed by atoms with Gasteiger partial charge < -0.3 is 10.0 Å². The van der Waals surface area contributed by atoms with E-state index in [1.54, 1.807) is 11.0 Å². The molecule has 4 nitrogen and oxygen atoms in total. The number of nitrogens with zero attached hydrogens (tertiary/aromatic N) is 2. The van der Waals surface area contributed by atoms with Gasteiger partial charge in [-0.15, -0.1) is 0 Å². The van der Waals surface area contributed by atoms with Crippen LogP contribution in [-0.4, -0.2) is 40.1 Å². The number of hydrogen-bond donors (Lipinski definition) is 1. The van der Waals surface area contributed by atoms with Crippen LogP contribution in [0.2, 0.25) is 5.15 Å². The third-order valence-electron chi connectivity index (χ3n) is 3.91. The number of aliphatic hydroxyl groups is 1. The van der Waals surface area contributed by atoms with E-state index in [0.29, 0.717) is 17.3 Å². The molecule has 0 aromatic carbocycles. The Morgan fingerprint density at radius 1 is 1.43 bits per heavy atom. The summed E-state index contributed by atoms with van der Waals surface area (Å²) in [5, 5.41) is 9.80. The summed E-state index contributed by atoms with van der Waals surface area (Å²) in [5.41, 5.74) is 1.19. The van der Waals surface area contributed by atoms with E-state index >= 15 is 0 Å². The normalized spacial score (nSPS) is 19.7. The van der Waals surface area contributed by atoms with Crippen molar-refractivity contribution in [2.75, 3.05) is 13.2 Å². The highest BCUT2D eigenvalue weighted by atomic mass is 35.5. The van der Waals surface area contributed by atoms with E-state index in [0.717, 1.165) is 25.0 Å². The molecule has 1 saturated heterocycles. The maximum atomic E-state index is 12.7. The number of aromatic nitrogens is 1. The van der Waals surface area contributed by atoms with E-state index in [1.807, 2.05) is 26.8 Å². The molecule has 1 atom stereocenters. The lowest BCUT2D eigenvalue weighted by Crippen LogP contribution is -2.45. The molecule has 0 bridgehead atoms. The zero-order valence-electron chi connectivity index (χ0n) is 12.9. The second-order valence-corrected chi connectivity index (χ2v) is 7.03. The van der Waals surface area contributed by atoms with E-state index in [-0.39, 0.29) is 24.0 Å². The number of rotatable bonds is 2. The van der Waals surface area contributed by atoms with Crippen LogP contribution in [0, 0.1) is 0 Å². The summed E-state index contributed by atoms with van der Waals surface area (Å²) in [6.45, 7) is 6.82. The van der Waals surface area contributed by atoms with Crippen LogP contribution < -0.4 is 0 Å². The quantitative estimate of drug-likeness (QED) is 0.854. The maximum absolute atomic E-state index is 12.7. The monoisotopic (exact) mass is 310 g/mol. The largest absolute Gasteiger partial charge is 0.394 e. The van der Waals surface area contributed by atoms with Crippen molar-refractivity contribution in [3.63, 3.8) is 0 Å². The van der Waals surface area contributed by atoms with Crippen molar-refractivity contribution in [1.82, 2.24) is 9.88 Å². The molecule has 1 aliphatic rings. The average Bonchev–Trinajstić information content (AvgIpc) is 2.45. The van der Waals surface area contributed by atoms with Crippen molar-refractivity contribution < 1.29 is 9.90 Å². The van der Waals surface area contributed by atoms with Crippen molar-refractivity contribution >= 4 is 17.5 Å². The molecule has 0 radical (unpaired) electrons. The summed E-state index contributed by atoms with van der Waals surface area (Å²) in [6, 6.07) is 3.34. The standard InChI is InChI=1S/C16H23ClN2O2/c1-16(2,3)13-8-11(9-14(17)18-13)15(21)19-7-5-4-6-12(19)10-20/h8-9,12,20H,4-7,10H2,1-3H3. The molecule has 1 amide bonds. The van der Waals surface area contributed by atoms with E-state index in [9.17, 15) is 9.90 Å². The fraction of sp³-hybridized carbons (Fsp3) is 0.625. The molecule has 2 rings (SSSR count). The first-order chi connectivity index (χ1) is 9.82. The Morgan fingerprint density at radius 3 is 2.76 bits per heavy atom. The van der Waals surface area contributed by atoms with Crippen LogP contribution in [0.4, 0.5) is 0 Å². The van der Waals surface area contributed by atoms with Gasteiger partial charge in [0.15, 0.2) is 0 Å². The van der Waals surface area contributed by atoms with Gasteiger partial charge in [-0.05, 0) is 31.4 Å². The predicted octanol–water partition coefficient (Wildman–Crippen LogP) is 3.02. The average molecular weight is 311 g/mol. The molecule has 2 heterocycles. The summed E-state index contributed by atoms with van der Waals surface area (Å²) >= 11 is 6.08.